The maximum Gasteiger partial charge on any atom is 0.293 e. The fraction of sp³-hybridized carbons (Fsp3) is 0.368. The molecule has 0 amide bonds. The molecule has 0 fully saturated rings. The molecule has 0 unspecified atom stereocenters. The third-order valence-electron chi connectivity index (χ3n) is 4.14. The average molecular weight is 423 g/mol. The zero-order valence-corrected chi connectivity index (χ0v) is 17.7. The molecular formula is C19H25N3O6S. The minimum absolute atomic E-state index is 0.171. The van der Waals surface area contributed by atoms with E-state index >= 15 is 0 Å². The molecule has 0 aliphatic heterocycles. The van der Waals surface area contributed by atoms with Gasteiger partial charge in [-0.2, -0.15) is 0 Å². The molecule has 0 heterocycles. The van der Waals surface area contributed by atoms with E-state index in [9.17, 15) is 18.5 Å². The molecule has 2 aromatic rings. The van der Waals surface area contributed by atoms with Crippen molar-refractivity contribution in [2.24, 2.45) is 0 Å². The summed E-state index contributed by atoms with van der Waals surface area (Å²) in [5.41, 5.74) is 0.584. The number of benzene rings is 2. The van der Waals surface area contributed by atoms with Gasteiger partial charge in [-0.3, -0.25) is 10.1 Å². The van der Waals surface area contributed by atoms with Crippen LogP contribution in [0.3, 0.4) is 0 Å². The Morgan fingerprint density at radius 1 is 1.03 bits per heavy atom. The van der Waals surface area contributed by atoms with E-state index in [1.807, 2.05) is 6.92 Å². The van der Waals surface area contributed by atoms with Gasteiger partial charge in [0.2, 0.25) is 10.0 Å². The van der Waals surface area contributed by atoms with Gasteiger partial charge in [-0.1, -0.05) is 0 Å². The molecule has 158 valence electrons. The van der Waals surface area contributed by atoms with Crippen LogP contribution < -0.4 is 19.5 Å². The first-order valence-corrected chi connectivity index (χ1v) is 10.4. The van der Waals surface area contributed by atoms with Crippen LogP contribution in [-0.2, 0) is 10.0 Å². The van der Waals surface area contributed by atoms with Gasteiger partial charge in [0, 0.05) is 17.7 Å². The quantitative estimate of drug-likeness (QED) is 0.468. The predicted octanol–water partition coefficient (Wildman–Crippen LogP) is 3.47. The van der Waals surface area contributed by atoms with Gasteiger partial charge in [0.1, 0.15) is 17.2 Å². The Kier molecular flexibility index (Phi) is 7.04. The average Bonchev–Trinajstić information content (AvgIpc) is 2.66. The number of nitrogens with one attached hydrogen (secondary N) is 2. The summed E-state index contributed by atoms with van der Waals surface area (Å²) in [6, 6.07) is 8.31. The lowest BCUT2D eigenvalue weighted by atomic mass is 10.1. The molecule has 1 atom stereocenters. The molecule has 10 heteroatoms. The summed E-state index contributed by atoms with van der Waals surface area (Å²) in [4.78, 5) is 10.8. The highest BCUT2D eigenvalue weighted by atomic mass is 32.2. The van der Waals surface area contributed by atoms with Crippen molar-refractivity contribution in [2.75, 3.05) is 19.5 Å². The van der Waals surface area contributed by atoms with Crippen LogP contribution >= 0.6 is 0 Å². The summed E-state index contributed by atoms with van der Waals surface area (Å²) < 4.78 is 37.7. The van der Waals surface area contributed by atoms with Crippen molar-refractivity contribution in [2.45, 2.75) is 37.8 Å². The van der Waals surface area contributed by atoms with Gasteiger partial charge in [0.15, 0.2) is 0 Å². The number of rotatable bonds is 9. The molecule has 2 aromatic carbocycles. The first kappa shape index (κ1) is 22.4. The third-order valence-corrected chi connectivity index (χ3v) is 5.80. The highest BCUT2D eigenvalue weighted by Gasteiger charge is 2.23. The molecule has 0 saturated carbocycles. The smallest absolute Gasteiger partial charge is 0.293 e. The van der Waals surface area contributed by atoms with Crippen molar-refractivity contribution in [3.05, 3.63) is 52.1 Å². The van der Waals surface area contributed by atoms with Crippen LogP contribution in [0.15, 0.2) is 41.3 Å². The molecule has 29 heavy (non-hydrogen) atoms. The number of nitrogens with zero attached hydrogens (tertiary/aromatic N) is 1. The van der Waals surface area contributed by atoms with Gasteiger partial charge in [0.25, 0.3) is 5.69 Å². The number of anilines is 1. The Hall–Kier alpha value is -2.85. The monoisotopic (exact) mass is 423 g/mol. The van der Waals surface area contributed by atoms with Gasteiger partial charge < -0.3 is 14.8 Å². The Morgan fingerprint density at radius 2 is 1.72 bits per heavy atom. The van der Waals surface area contributed by atoms with E-state index in [1.165, 1.54) is 19.2 Å². The number of nitro groups is 1. The van der Waals surface area contributed by atoms with E-state index in [1.54, 1.807) is 39.2 Å². The Labute approximate surface area is 170 Å². The Bertz CT molecular complexity index is 991. The largest absolute Gasteiger partial charge is 0.497 e. The lowest BCUT2D eigenvalue weighted by Gasteiger charge is -2.19. The zero-order valence-electron chi connectivity index (χ0n) is 16.9. The number of hydrogen-bond acceptors (Lipinski definition) is 7. The molecule has 2 rings (SSSR count). The molecule has 0 bridgehead atoms. The minimum Gasteiger partial charge on any atom is -0.497 e. The first-order valence-electron chi connectivity index (χ1n) is 8.88. The molecular weight excluding hydrogens is 398 g/mol. The lowest BCUT2D eigenvalue weighted by molar-refractivity contribution is -0.384. The van der Waals surface area contributed by atoms with Crippen LogP contribution in [0.25, 0.3) is 0 Å². The molecule has 0 saturated heterocycles. The number of ether oxygens (including phenoxy) is 2. The second kappa shape index (κ2) is 9.10. The molecule has 2 N–H and O–H groups in total. The van der Waals surface area contributed by atoms with Gasteiger partial charge >= 0.3 is 0 Å². The number of methoxy groups -OCH3 is 2. The van der Waals surface area contributed by atoms with Crippen molar-refractivity contribution in [3.8, 4) is 11.5 Å². The van der Waals surface area contributed by atoms with Crippen LogP contribution in [0.2, 0.25) is 0 Å². The molecule has 9 nitrogen and oxygen atoms in total. The predicted molar refractivity (Wildman–Crippen MR) is 110 cm³/mol. The molecule has 0 aliphatic rings. The summed E-state index contributed by atoms with van der Waals surface area (Å²) in [5.74, 6) is 1.21. The van der Waals surface area contributed by atoms with Crippen LogP contribution in [0.1, 0.15) is 32.4 Å². The topological polar surface area (TPSA) is 120 Å². The van der Waals surface area contributed by atoms with Crippen LogP contribution in [0, 0.1) is 10.1 Å². The van der Waals surface area contributed by atoms with E-state index in [4.69, 9.17) is 9.47 Å². The van der Waals surface area contributed by atoms with Crippen molar-refractivity contribution in [3.63, 3.8) is 0 Å². The second-order valence-corrected chi connectivity index (χ2v) is 8.40. The Balaban J connectivity index is 2.42. The third kappa shape index (κ3) is 5.36. The summed E-state index contributed by atoms with van der Waals surface area (Å²) in [5, 5.41) is 14.6. The van der Waals surface area contributed by atoms with E-state index in [-0.39, 0.29) is 28.4 Å². The number of hydrogen-bond donors (Lipinski definition) is 2. The van der Waals surface area contributed by atoms with E-state index < -0.39 is 14.9 Å². The highest BCUT2D eigenvalue weighted by molar-refractivity contribution is 7.89. The number of nitro benzene ring substituents is 1. The van der Waals surface area contributed by atoms with Crippen LogP contribution in [-0.4, -0.2) is 33.6 Å². The first-order chi connectivity index (χ1) is 13.6. The summed E-state index contributed by atoms with van der Waals surface area (Å²) in [6.45, 7) is 5.15. The van der Waals surface area contributed by atoms with Gasteiger partial charge in [-0.15, -0.1) is 0 Å². The maximum atomic E-state index is 12.3. The van der Waals surface area contributed by atoms with Crippen molar-refractivity contribution in [1.29, 1.82) is 0 Å². The standard InChI is InChI=1S/C19H25N3O6S/c1-12(2)21-29(25,26)15-7-8-17(18(11-15)22(23)24)20-13(3)16-10-14(27-4)6-9-19(16)28-5/h6-13,20-21H,1-5H3/t13-/m0/s1. The zero-order chi connectivity index (χ0) is 21.8. The fourth-order valence-electron chi connectivity index (χ4n) is 2.82. The second-order valence-electron chi connectivity index (χ2n) is 6.69. The van der Waals surface area contributed by atoms with Crippen molar-refractivity contribution >= 4 is 21.4 Å². The normalized spacial score (nSPS) is 12.5. The lowest BCUT2D eigenvalue weighted by Crippen LogP contribution is -2.30. The highest BCUT2D eigenvalue weighted by Crippen LogP contribution is 2.34. The fourth-order valence-corrected chi connectivity index (χ4v) is 4.09. The summed E-state index contributed by atoms with van der Waals surface area (Å²) >= 11 is 0. The van der Waals surface area contributed by atoms with E-state index in [0.717, 1.165) is 11.6 Å². The van der Waals surface area contributed by atoms with Gasteiger partial charge in [-0.25, -0.2) is 13.1 Å². The van der Waals surface area contributed by atoms with Crippen LogP contribution in [0.5, 0.6) is 11.5 Å². The molecule has 0 spiro atoms. The summed E-state index contributed by atoms with van der Waals surface area (Å²) in [6.07, 6.45) is 0. The van der Waals surface area contributed by atoms with Crippen LogP contribution in [0.4, 0.5) is 11.4 Å². The summed E-state index contributed by atoms with van der Waals surface area (Å²) in [7, 11) is -0.781. The molecule has 0 aromatic heterocycles. The Morgan fingerprint density at radius 3 is 2.28 bits per heavy atom. The van der Waals surface area contributed by atoms with Gasteiger partial charge in [-0.05, 0) is 51.1 Å². The number of sulfonamides is 1. The van der Waals surface area contributed by atoms with Crippen molar-refractivity contribution in [1.82, 2.24) is 4.72 Å². The maximum absolute atomic E-state index is 12.3. The van der Waals surface area contributed by atoms with E-state index in [0.29, 0.717) is 11.5 Å². The minimum atomic E-state index is -3.85. The van der Waals surface area contributed by atoms with Crippen molar-refractivity contribution < 1.29 is 22.8 Å². The van der Waals surface area contributed by atoms with Gasteiger partial charge in [0.05, 0.1) is 30.1 Å². The SMILES string of the molecule is COc1ccc(OC)c([C@H](C)Nc2ccc(S(=O)(=O)NC(C)C)cc2[N+](=O)[O-])c1. The van der Waals surface area contributed by atoms with E-state index in [2.05, 4.69) is 10.0 Å². The molecule has 0 radical (unpaired) electrons. The molecule has 0 aliphatic carbocycles.